The summed E-state index contributed by atoms with van der Waals surface area (Å²) in [6.07, 6.45) is 4.84. The molecule has 3 heterocycles. The second kappa shape index (κ2) is 6.64. The summed E-state index contributed by atoms with van der Waals surface area (Å²) in [7, 11) is 0. The van der Waals surface area contributed by atoms with Gasteiger partial charge in [0.1, 0.15) is 0 Å². The van der Waals surface area contributed by atoms with E-state index in [1.165, 1.54) is 0 Å². The number of likely N-dealkylation sites (tertiary alicyclic amines) is 1. The Bertz CT molecular complexity index is 489. The van der Waals surface area contributed by atoms with E-state index in [0.29, 0.717) is 38.1 Å². The molecule has 0 aliphatic carbocycles. The van der Waals surface area contributed by atoms with Crippen LogP contribution in [0.5, 0.6) is 0 Å². The molecule has 1 N–H and O–H groups in total. The van der Waals surface area contributed by atoms with Crippen LogP contribution in [0, 0.1) is 5.92 Å². The van der Waals surface area contributed by atoms with Crippen LogP contribution in [0.25, 0.3) is 0 Å². The molecule has 3 rings (SSSR count). The van der Waals surface area contributed by atoms with E-state index in [-0.39, 0.29) is 5.92 Å². The van der Waals surface area contributed by atoms with E-state index >= 15 is 0 Å². The van der Waals surface area contributed by atoms with Crippen LogP contribution in [0.15, 0.2) is 4.52 Å². The second-order valence-electron chi connectivity index (χ2n) is 6.82. The summed E-state index contributed by atoms with van der Waals surface area (Å²) in [5.74, 6) is 1.63. The molecule has 2 saturated heterocycles. The van der Waals surface area contributed by atoms with Gasteiger partial charge in [-0.15, -0.1) is 0 Å². The summed E-state index contributed by atoms with van der Waals surface area (Å²) in [6.45, 7) is 7.04. The van der Waals surface area contributed by atoms with E-state index in [2.05, 4.69) is 22.0 Å². The molecule has 0 bridgehead atoms. The van der Waals surface area contributed by atoms with Gasteiger partial charge in [-0.3, -0.25) is 4.90 Å². The molecule has 0 unspecified atom stereocenters. The lowest BCUT2D eigenvalue weighted by atomic mass is 9.79. The molecule has 2 aliphatic heterocycles. The number of aliphatic hydroxyl groups is 1. The summed E-state index contributed by atoms with van der Waals surface area (Å²) >= 11 is 0. The molecule has 2 aliphatic rings. The number of hydrogen-bond donors (Lipinski definition) is 1. The summed E-state index contributed by atoms with van der Waals surface area (Å²) < 4.78 is 11.0. The Balaban J connectivity index is 1.67. The van der Waals surface area contributed by atoms with Crippen LogP contribution >= 0.6 is 0 Å². The van der Waals surface area contributed by atoms with Crippen LogP contribution in [-0.4, -0.2) is 51.5 Å². The van der Waals surface area contributed by atoms with E-state index in [4.69, 9.17) is 9.26 Å². The first-order chi connectivity index (χ1) is 10.6. The normalized spacial score (nSPS) is 33.4. The zero-order valence-electron chi connectivity index (χ0n) is 13.6. The highest BCUT2D eigenvalue weighted by Gasteiger charge is 2.44. The van der Waals surface area contributed by atoms with Gasteiger partial charge in [0.05, 0.1) is 18.8 Å². The third kappa shape index (κ3) is 3.34. The lowest BCUT2D eigenvalue weighted by Gasteiger charge is -2.43. The SMILES string of the molecule is CCCc1noc(CN2CCC[C@@H]2[C@@H]2COCC[C@]2(C)O)n1. The Morgan fingerprint density at radius 3 is 3.09 bits per heavy atom. The van der Waals surface area contributed by atoms with Gasteiger partial charge >= 0.3 is 0 Å². The molecule has 6 heteroatoms. The van der Waals surface area contributed by atoms with E-state index in [9.17, 15) is 5.11 Å². The zero-order valence-corrected chi connectivity index (χ0v) is 13.6. The lowest BCUT2D eigenvalue weighted by molar-refractivity contribution is -0.124. The number of ether oxygens (including phenoxy) is 1. The molecule has 1 aromatic rings. The number of rotatable bonds is 5. The Hall–Kier alpha value is -0.980. The molecule has 0 saturated carbocycles. The van der Waals surface area contributed by atoms with Crippen molar-refractivity contribution in [1.82, 2.24) is 15.0 Å². The molecule has 0 spiro atoms. The number of hydrogen-bond acceptors (Lipinski definition) is 6. The Morgan fingerprint density at radius 1 is 1.45 bits per heavy atom. The monoisotopic (exact) mass is 309 g/mol. The minimum atomic E-state index is -0.645. The largest absolute Gasteiger partial charge is 0.390 e. The van der Waals surface area contributed by atoms with Crippen LogP contribution in [0.2, 0.25) is 0 Å². The topological polar surface area (TPSA) is 71.6 Å². The first-order valence-corrected chi connectivity index (χ1v) is 8.46. The van der Waals surface area contributed by atoms with Crippen LogP contribution < -0.4 is 0 Å². The van der Waals surface area contributed by atoms with Crippen LogP contribution in [0.1, 0.15) is 51.2 Å². The molecule has 6 nitrogen and oxygen atoms in total. The van der Waals surface area contributed by atoms with E-state index in [0.717, 1.165) is 38.1 Å². The lowest BCUT2D eigenvalue weighted by Crippen LogP contribution is -2.52. The molecular formula is C16H27N3O3. The minimum Gasteiger partial charge on any atom is -0.390 e. The fraction of sp³-hybridized carbons (Fsp3) is 0.875. The van der Waals surface area contributed by atoms with Gasteiger partial charge in [0, 0.05) is 25.0 Å². The first kappa shape index (κ1) is 15.9. The summed E-state index contributed by atoms with van der Waals surface area (Å²) in [5, 5.41) is 14.7. The second-order valence-corrected chi connectivity index (χ2v) is 6.82. The molecular weight excluding hydrogens is 282 g/mol. The highest BCUT2D eigenvalue weighted by atomic mass is 16.5. The van der Waals surface area contributed by atoms with Gasteiger partial charge in [-0.05, 0) is 39.2 Å². The highest BCUT2D eigenvalue weighted by molar-refractivity contribution is 4.97. The molecule has 0 aromatic carbocycles. The van der Waals surface area contributed by atoms with Crippen molar-refractivity contribution in [2.75, 3.05) is 19.8 Å². The molecule has 0 radical (unpaired) electrons. The summed E-state index contributed by atoms with van der Waals surface area (Å²) in [4.78, 5) is 6.84. The maximum atomic E-state index is 10.7. The number of aryl methyl sites for hydroxylation is 1. The van der Waals surface area contributed by atoms with Crippen molar-refractivity contribution in [2.45, 2.75) is 64.1 Å². The van der Waals surface area contributed by atoms with Crippen LogP contribution in [0.4, 0.5) is 0 Å². The fourth-order valence-corrected chi connectivity index (χ4v) is 3.74. The van der Waals surface area contributed by atoms with Crippen molar-refractivity contribution in [3.63, 3.8) is 0 Å². The van der Waals surface area contributed by atoms with E-state index in [1.807, 2.05) is 6.92 Å². The quantitative estimate of drug-likeness (QED) is 0.894. The minimum absolute atomic E-state index is 0.154. The van der Waals surface area contributed by atoms with E-state index < -0.39 is 5.60 Å². The first-order valence-electron chi connectivity index (χ1n) is 8.46. The predicted octanol–water partition coefficient (Wildman–Crippen LogP) is 1.77. The molecule has 22 heavy (non-hydrogen) atoms. The molecule has 2 fully saturated rings. The molecule has 1 aromatic heterocycles. The van der Waals surface area contributed by atoms with Crippen molar-refractivity contribution >= 4 is 0 Å². The molecule has 0 amide bonds. The van der Waals surface area contributed by atoms with Gasteiger partial charge in [0.2, 0.25) is 5.89 Å². The van der Waals surface area contributed by atoms with Crippen LogP contribution in [0.3, 0.4) is 0 Å². The smallest absolute Gasteiger partial charge is 0.240 e. The van der Waals surface area contributed by atoms with Gasteiger partial charge in [-0.2, -0.15) is 4.98 Å². The van der Waals surface area contributed by atoms with Crippen molar-refractivity contribution in [3.05, 3.63) is 11.7 Å². The highest BCUT2D eigenvalue weighted by Crippen LogP contribution is 2.36. The van der Waals surface area contributed by atoms with Crippen molar-refractivity contribution < 1.29 is 14.4 Å². The van der Waals surface area contributed by atoms with Crippen LogP contribution in [-0.2, 0) is 17.7 Å². The molecule has 124 valence electrons. The summed E-state index contributed by atoms with van der Waals surface area (Å²) in [5.41, 5.74) is -0.645. The van der Waals surface area contributed by atoms with Gasteiger partial charge in [0.15, 0.2) is 5.82 Å². The number of aromatic nitrogens is 2. The average molecular weight is 309 g/mol. The van der Waals surface area contributed by atoms with Crippen molar-refractivity contribution in [1.29, 1.82) is 0 Å². The Morgan fingerprint density at radius 2 is 2.32 bits per heavy atom. The van der Waals surface area contributed by atoms with Gasteiger partial charge in [0.25, 0.3) is 0 Å². The van der Waals surface area contributed by atoms with Gasteiger partial charge in [-0.1, -0.05) is 12.1 Å². The zero-order chi connectivity index (χ0) is 15.6. The maximum Gasteiger partial charge on any atom is 0.240 e. The van der Waals surface area contributed by atoms with Gasteiger partial charge < -0.3 is 14.4 Å². The predicted molar refractivity (Wildman–Crippen MR) is 81.3 cm³/mol. The maximum absolute atomic E-state index is 10.7. The Labute approximate surface area is 131 Å². The Kier molecular flexibility index (Phi) is 4.80. The van der Waals surface area contributed by atoms with E-state index in [1.54, 1.807) is 0 Å². The van der Waals surface area contributed by atoms with Crippen molar-refractivity contribution in [3.8, 4) is 0 Å². The third-order valence-corrected chi connectivity index (χ3v) is 5.05. The average Bonchev–Trinajstić information content (AvgIpc) is 3.09. The third-order valence-electron chi connectivity index (χ3n) is 5.05. The number of nitrogens with zero attached hydrogens (tertiary/aromatic N) is 3. The molecule has 3 atom stereocenters. The van der Waals surface area contributed by atoms with Gasteiger partial charge in [-0.25, -0.2) is 0 Å². The van der Waals surface area contributed by atoms with Crippen molar-refractivity contribution in [2.24, 2.45) is 5.92 Å². The standard InChI is InChI=1S/C16H27N3O3/c1-3-5-14-17-15(22-18-14)10-19-8-4-6-13(19)12-11-21-9-7-16(12,2)20/h12-13,20H,3-11H2,1-2H3/t12-,13+,16-/m0/s1. The fourth-order valence-electron chi connectivity index (χ4n) is 3.74. The summed E-state index contributed by atoms with van der Waals surface area (Å²) in [6, 6.07) is 0.330.